The normalized spacial score (nSPS) is 10.5. The van der Waals surface area contributed by atoms with Crippen LogP contribution in [0.25, 0.3) is 0 Å². The second-order valence-corrected chi connectivity index (χ2v) is 5.61. The fourth-order valence-electron chi connectivity index (χ4n) is 1.12. The van der Waals surface area contributed by atoms with Crippen LogP contribution in [0.1, 0.15) is 13.3 Å². The van der Waals surface area contributed by atoms with Gasteiger partial charge in [0.25, 0.3) is 0 Å². The van der Waals surface area contributed by atoms with Crippen molar-refractivity contribution >= 4 is 29.2 Å². The van der Waals surface area contributed by atoms with Gasteiger partial charge >= 0.3 is 0 Å². The SMILES string of the molecule is CCSCCCSc1cc(F)ccc1N. The summed E-state index contributed by atoms with van der Waals surface area (Å²) in [4.78, 5) is 0.858. The van der Waals surface area contributed by atoms with Crippen LogP contribution in [0.3, 0.4) is 0 Å². The van der Waals surface area contributed by atoms with Crippen LogP contribution in [0.2, 0.25) is 0 Å². The molecule has 2 N–H and O–H groups in total. The third kappa shape index (κ3) is 4.80. The molecule has 0 saturated carbocycles. The Morgan fingerprint density at radius 3 is 2.87 bits per heavy atom. The molecule has 1 aromatic carbocycles. The van der Waals surface area contributed by atoms with Crippen molar-refractivity contribution in [3.05, 3.63) is 24.0 Å². The molecule has 0 aromatic heterocycles. The molecule has 0 fully saturated rings. The molecule has 1 rings (SSSR count). The van der Waals surface area contributed by atoms with Gasteiger partial charge in [-0.3, -0.25) is 0 Å². The van der Waals surface area contributed by atoms with Crippen molar-refractivity contribution in [2.24, 2.45) is 0 Å². The van der Waals surface area contributed by atoms with Gasteiger partial charge in [0.2, 0.25) is 0 Å². The van der Waals surface area contributed by atoms with E-state index in [1.54, 1.807) is 17.8 Å². The number of anilines is 1. The van der Waals surface area contributed by atoms with Gasteiger partial charge in [-0.25, -0.2) is 4.39 Å². The minimum Gasteiger partial charge on any atom is -0.398 e. The molecule has 0 heterocycles. The predicted octanol–water partition coefficient (Wildman–Crippen LogP) is 3.64. The van der Waals surface area contributed by atoms with E-state index in [1.165, 1.54) is 17.9 Å². The number of rotatable bonds is 6. The molecule has 0 unspecified atom stereocenters. The van der Waals surface area contributed by atoms with Gasteiger partial charge in [0.05, 0.1) is 0 Å². The molecule has 0 spiro atoms. The molecule has 0 amide bonds. The average Bonchev–Trinajstić information content (AvgIpc) is 2.23. The molecule has 0 saturated heterocycles. The summed E-state index contributed by atoms with van der Waals surface area (Å²) < 4.78 is 12.9. The van der Waals surface area contributed by atoms with Gasteiger partial charge in [-0.1, -0.05) is 6.92 Å². The van der Waals surface area contributed by atoms with Gasteiger partial charge in [-0.05, 0) is 41.9 Å². The lowest BCUT2D eigenvalue weighted by atomic mass is 10.3. The fourth-order valence-corrected chi connectivity index (χ4v) is 2.88. The lowest BCUT2D eigenvalue weighted by Gasteiger charge is -2.05. The standard InChI is InChI=1S/C11H16FNS2/c1-2-14-6-3-7-15-11-8-9(12)4-5-10(11)13/h4-5,8H,2-3,6-7,13H2,1H3. The Labute approximate surface area is 99.0 Å². The maximum atomic E-state index is 12.9. The first-order valence-corrected chi connectivity index (χ1v) is 7.13. The lowest BCUT2D eigenvalue weighted by Crippen LogP contribution is -1.91. The van der Waals surface area contributed by atoms with Gasteiger partial charge in [0, 0.05) is 10.6 Å². The zero-order valence-corrected chi connectivity index (χ0v) is 10.5. The highest BCUT2D eigenvalue weighted by molar-refractivity contribution is 8.00. The number of benzene rings is 1. The van der Waals surface area contributed by atoms with Crippen LogP contribution in [-0.2, 0) is 0 Å². The number of halogens is 1. The second-order valence-electron chi connectivity index (χ2n) is 3.08. The minimum absolute atomic E-state index is 0.213. The highest BCUT2D eigenvalue weighted by Gasteiger charge is 2.01. The number of thioether (sulfide) groups is 2. The smallest absolute Gasteiger partial charge is 0.124 e. The van der Waals surface area contributed by atoms with Crippen molar-refractivity contribution < 1.29 is 4.39 Å². The van der Waals surface area contributed by atoms with E-state index in [1.807, 2.05) is 11.8 Å². The average molecular weight is 245 g/mol. The predicted molar refractivity (Wildman–Crippen MR) is 69.2 cm³/mol. The highest BCUT2D eigenvalue weighted by atomic mass is 32.2. The summed E-state index contributed by atoms with van der Waals surface area (Å²) in [5, 5.41) is 0. The van der Waals surface area contributed by atoms with Crippen LogP contribution in [0.4, 0.5) is 10.1 Å². The van der Waals surface area contributed by atoms with Crippen LogP contribution in [0.15, 0.2) is 23.1 Å². The van der Waals surface area contributed by atoms with E-state index in [2.05, 4.69) is 6.92 Å². The molecule has 4 heteroatoms. The van der Waals surface area contributed by atoms with Crippen molar-refractivity contribution in [2.75, 3.05) is 23.0 Å². The summed E-state index contributed by atoms with van der Waals surface area (Å²) >= 11 is 3.57. The summed E-state index contributed by atoms with van der Waals surface area (Å²) in [6.45, 7) is 2.16. The van der Waals surface area contributed by atoms with Crippen LogP contribution < -0.4 is 5.73 Å². The first-order valence-electron chi connectivity index (χ1n) is 4.99. The van der Waals surface area contributed by atoms with E-state index in [9.17, 15) is 4.39 Å². The number of nitrogen functional groups attached to an aromatic ring is 1. The Hall–Kier alpha value is -0.350. The topological polar surface area (TPSA) is 26.0 Å². The summed E-state index contributed by atoms with van der Waals surface area (Å²) in [6.07, 6.45) is 1.14. The Bertz CT molecular complexity index is 305. The van der Waals surface area contributed by atoms with E-state index in [0.29, 0.717) is 5.69 Å². The van der Waals surface area contributed by atoms with Crippen molar-refractivity contribution in [1.82, 2.24) is 0 Å². The van der Waals surface area contributed by atoms with Gasteiger partial charge in [0.1, 0.15) is 5.82 Å². The number of nitrogens with two attached hydrogens (primary N) is 1. The summed E-state index contributed by atoms with van der Waals surface area (Å²) in [7, 11) is 0. The lowest BCUT2D eigenvalue weighted by molar-refractivity contribution is 0.624. The first kappa shape index (κ1) is 12.7. The molecule has 0 bridgehead atoms. The van der Waals surface area contributed by atoms with E-state index < -0.39 is 0 Å². The molecular formula is C11H16FNS2. The molecule has 1 aromatic rings. The van der Waals surface area contributed by atoms with E-state index in [4.69, 9.17) is 5.73 Å². The van der Waals surface area contributed by atoms with E-state index >= 15 is 0 Å². The minimum atomic E-state index is -0.213. The Morgan fingerprint density at radius 1 is 1.33 bits per heavy atom. The summed E-state index contributed by atoms with van der Waals surface area (Å²) in [5.41, 5.74) is 6.41. The van der Waals surface area contributed by atoms with Crippen molar-refractivity contribution in [1.29, 1.82) is 0 Å². The van der Waals surface area contributed by atoms with Crippen LogP contribution in [-0.4, -0.2) is 17.3 Å². The highest BCUT2D eigenvalue weighted by Crippen LogP contribution is 2.26. The summed E-state index contributed by atoms with van der Waals surface area (Å²) in [5.74, 6) is 3.11. The van der Waals surface area contributed by atoms with Gasteiger partial charge < -0.3 is 5.73 Å². The maximum Gasteiger partial charge on any atom is 0.124 e. The van der Waals surface area contributed by atoms with Gasteiger partial charge in [0.15, 0.2) is 0 Å². The van der Waals surface area contributed by atoms with Crippen molar-refractivity contribution in [3.63, 3.8) is 0 Å². The third-order valence-corrected chi connectivity index (χ3v) is 4.01. The quantitative estimate of drug-likeness (QED) is 0.471. The zero-order chi connectivity index (χ0) is 11.1. The molecule has 0 radical (unpaired) electrons. The second kappa shape index (κ2) is 7.01. The Morgan fingerprint density at radius 2 is 2.13 bits per heavy atom. The van der Waals surface area contributed by atoms with E-state index in [0.717, 1.165) is 22.8 Å². The Kier molecular flexibility index (Phi) is 5.95. The zero-order valence-electron chi connectivity index (χ0n) is 8.83. The number of hydrogen-bond donors (Lipinski definition) is 1. The molecule has 15 heavy (non-hydrogen) atoms. The molecule has 1 nitrogen and oxygen atoms in total. The van der Waals surface area contributed by atoms with Crippen LogP contribution >= 0.6 is 23.5 Å². The molecule has 84 valence electrons. The molecule has 0 aliphatic heterocycles. The van der Waals surface area contributed by atoms with Gasteiger partial charge in [-0.2, -0.15) is 11.8 Å². The van der Waals surface area contributed by atoms with E-state index in [-0.39, 0.29) is 5.82 Å². The first-order chi connectivity index (χ1) is 7.24. The largest absolute Gasteiger partial charge is 0.398 e. The van der Waals surface area contributed by atoms with Gasteiger partial charge in [-0.15, -0.1) is 11.8 Å². The van der Waals surface area contributed by atoms with Crippen LogP contribution in [0.5, 0.6) is 0 Å². The van der Waals surface area contributed by atoms with Crippen molar-refractivity contribution in [2.45, 2.75) is 18.2 Å². The molecule has 0 aliphatic rings. The van der Waals surface area contributed by atoms with Crippen molar-refractivity contribution in [3.8, 4) is 0 Å². The number of hydrogen-bond acceptors (Lipinski definition) is 3. The Balaban J connectivity index is 2.33. The molecular weight excluding hydrogens is 229 g/mol. The maximum absolute atomic E-state index is 12.9. The van der Waals surface area contributed by atoms with Crippen LogP contribution in [0, 0.1) is 5.82 Å². The summed E-state index contributed by atoms with van der Waals surface area (Å²) in [6, 6.07) is 4.53. The monoisotopic (exact) mass is 245 g/mol. The third-order valence-electron chi connectivity index (χ3n) is 1.87. The fraction of sp³-hybridized carbons (Fsp3) is 0.455. The molecule has 0 aliphatic carbocycles. The molecule has 0 atom stereocenters.